The van der Waals surface area contributed by atoms with Crippen LogP contribution in [0, 0.1) is 11.7 Å². The van der Waals surface area contributed by atoms with E-state index in [4.69, 9.17) is 4.74 Å². The van der Waals surface area contributed by atoms with Gasteiger partial charge in [-0.15, -0.1) is 0 Å². The Morgan fingerprint density at radius 2 is 2.19 bits per heavy atom. The molecule has 21 heavy (non-hydrogen) atoms. The van der Waals surface area contributed by atoms with Crippen molar-refractivity contribution in [1.29, 1.82) is 0 Å². The van der Waals surface area contributed by atoms with Crippen molar-refractivity contribution in [3.05, 3.63) is 23.6 Å². The lowest BCUT2D eigenvalue weighted by Gasteiger charge is -2.10. The molecule has 1 rings (SSSR count). The number of pyridine rings is 1. The van der Waals surface area contributed by atoms with Gasteiger partial charge in [-0.25, -0.2) is 9.37 Å². The van der Waals surface area contributed by atoms with Crippen LogP contribution in [0.2, 0.25) is 0 Å². The van der Waals surface area contributed by atoms with Gasteiger partial charge in [-0.3, -0.25) is 4.79 Å². The fourth-order valence-corrected chi connectivity index (χ4v) is 1.64. The fraction of sp³-hybridized carbons (Fsp3) is 0.600. The van der Waals surface area contributed by atoms with Crippen LogP contribution in [0.15, 0.2) is 12.3 Å². The van der Waals surface area contributed by atoms with Crippen LogP contribution in [-0.4, -0.2) is 37.2 Å². The van der Waals surface area contributed by atoms with Gasteiger partial charge in [-0.2, -0.15) is 0 Å². The summed E-state index contributed by atoms with van der Waals surface area (Å²) >= 11 is 0. The van der Waals surface area contributed by atoms with E-state index < -0.39 is 11.7 Å². The van der Waals surface area contributed by atoms with E-state index in [1.165, 1.54) is 12.3 Å². The van der Waals surface area contributed by atoms with Gasteiger partial charge in [-0.05, 0) is 18.4 Å². The van der Waals surface area contributed by atoms with Crippen LogP contribution >= 0.6 is 0 Å². The van der Waals surface area contributed by atoms with Gasteiger partial charge in [0.05, 0.1) is 12.2 Å². The molecule has 0 spiro atoms. The predicted molar refractivity (Wildman–Crippen MR) is 81.0 cm³/mol. The first-order chi connectivity index (χ1) is 10.1. The number of anilines is 1. The first kappa shape index (κ1) is 17.4. The van der Waals surface area contributed by atoms with Crippen molar-refractivity contribution in [3.8, 4) is 0 Å². The molecule has 0 saturated heterocycles. The molecule has 1 heterocycles. The van der Waals surface area contributed by atoms with E-state index in [2.05, 4.69) is 29.5 Å². The Hall–Kier alpha value is -1.69. The van der Waals surface area contributed by atoms with Gasteiger partial charge in [0.25, 0.3) is 5.91 Å². The lowest BCUT2D eigenvalue weighted by Crippen LogP contribution is -2.28. The normalized spacial score (nSPS) is 10.7. The van der Waals surface area contributed by atoms with Crippen LogP contribution < -0.4 is 10.6 Å². The van der Waals surface area contributed by atoms with E-state index in [0.717, 1.165) is 6.42 Å². The van der Waals surface area contributed by atoms with Crippen molar-refractivity contribution in [2.24, 2.45) is 5.92 Å². The molecule has 1 aromatic rings. The highest BCUT2D eigenvalue weighted by Crippen LogP contribution is 2.14. The number of aromatic nitrogens is 1. The van der Waals surface area contributed by atoms with Crippen LogP contribution in [0.25, 0.3) is 0 Å². The SMILES string of the molecule is CCCNc1nccc(C(=O)NCCOCC(C)C)c1F. The molecule has 0 aliphatic heterocycles. The molecule has 0 aromatic carbocycles. The molecular weight excluding hydrogens is 273 g/mol. The highest BCUT2D eigenvalue weighted by molar-refractivity contribution is 5.95. The Labute approximate surface area is 125 Å². The number of hydrogen-bond acceptors (Lipinski definition) is 4. The third kappa shape index (κ3) is 6.08. The summed E-state index contributed by atoms with van der Waals surface area (Å²) < 4.78 is 19.5. The molecule has 6 heteroatoms. The zero-order chi connectivity index (χ0) is 15.7. The lowest BCUT2D eigenvalue weighted by molar-refractivity contribution is 0.0883. The predicted octanol–water partition coefficient (Wildman–Crippen LogP) is 2.45. The van der Waals surface area contributed by atoms with Gasteiger partial charge >= 0.3 is 0 Å². The third-order valence-electron chi connectivity index (χ3n) is 2.66. The maximum absolute atomic E-state index is 14.1. The zero-order valence-electron chi connectivity index (χ0n) is 12.9. The number of halogens is 1. The lowest BCUT2D eigenvalue weighted by atomic mass is 10.2. The van der Waals surface area contributed by atoms with Crippen molar-refractivity contribution >= 4 is 11.7 Å². The molecule has 0 aliphatic carbocycles. The van der Waals surface area contributed by atoms with Crippen LogP contribution in [-0.2, 0) is 4.74 Å². The highest BCUT2D eigenvalue weighted by atomic mass is 19.1. The molecule has 1 amide bonds. The van der Waals surface area contributed by atoms with Gasteiger partial charge < -0.3 is 15.4 Å². The molecule has 0 fully saturated rings. The summed E-state index contributed by atoms with van der Waals surface area (Å²) in [5, 5.41) is 5.49. The first-order valence-electron chi connectivity index (χ1n) is 7.30. The fourth-order valence-electron chi connectivity index (χ4n) is 1.64. The van der Waals surface area contributed by atoms with Crippen LogP contribution in [0.3, 0.4) is 0 Å². The second-order valence-corrected chi connectivity index (χ2v) is 5.17. The van der Waals surface area contributed by atoms with E-state index in [1.54, 1.807) is 0 Å². The number of carbonyl (C=O) groups excluding carboxylic acids is 1. The van der Waals surface area contributed by atoms with E-state index in [9.17, 15) is 9.18 Å². The Bertz CT molecular complexity index is 453. The average Bonchev–Trinajstić information content (AvgIpc) is 2.45. The van der Waals surface area contributed by atoms with Crippen LogP contribution in [0.4, 0.5) is 10.2 Å². The smallest absolute Gasteiger partial charge is 0.254 e. The summed E-state index contributed by atoms with van der Waals surface area (Å²) in [6.07, 6.45) is 2.27. The molecule has 0 saturated carbocycles. The van der Waals surface area contributed by atoms with E-state index in [0.29, 0.717) is 32.2 Å². The molecule has 0 atom stereocenters. The van der Waals surface area contributed by atoms with E-state index >= 15 is 0 Å². The van der Waals surface area contributed by atoms with Gasteiger partial charge in [0, 0.05) is 25.9 Å². The Balaban J connectivity index is 2.50. The number of nitrogens with one attached hydrogen (secondary N) is 2. The summed E-state index contributed by atoms with van der Waals surface area (Å²) in [5.74, 6) is -0.514. The van der Waals surface area contributed by atoms with Crippen molar-refractivity contribution in [3.63, 3.8) is 0 Å². The zero-order valence-corrected chi connectivity index (χ0v) is 12.9. The standard InChI is InChI=1S/C15H24FN3O2/c1-4-6-17-14-13(16)12(5-7-18-14)15(20)19-8-9-21-10-11(2)3/h5,7,11H,4,6,8-10H2,1-3H3,(H,17,18)(H,19,20). The largest absolute Gasteiger partial charge is 0.379 e. The highest BCUT2D eigenvalue weighted by Gasteiger charge is 2.15. The van der Waals surface area contributed by atoms with Gasteiger partial charge in [0.15, 0.2) is 11.6 Å². The van der Waals surface area contributed by atoms with Gasteiger partial charge in [0.2, 0.25) is 0 Å². The van der Waals surface area contributed by atoms with Crippen molar-refractivity contribution in [2.75, 3.05) is 31.6 Å². The maximum atomic E-state index is 14.1. The molecule has 0 unspecified atom stereocenters. The quantitative estimate of drug-likeness (QED) is 0.687. The first-order valence-corrected chi connectivity index (χ1v) is 7.30. The number of rotatable bonds is 9. The topological polar surface area (TPSA) is 63.2 Å². The van der Waals surface area contributed by atoms with Crippen molar-refractivity contribution < 1.29 is 13.9 Å². The number of hydrogen-bond donors (Lipinski definition) is 2. The van der Waals surface area contributed by atoms with E-state index in [-0.39, 0.29) is 11.4 Å². The van der Waals surface area contributed by atoms with Crippen molar-refractivity contribution in [1.82, 2.24) is 10.3 Å². The van der Waals surface area contributed by atoms with Gasteiger partial charge in [-0.1, -0.05) is 20.8 Å². The van der Waals surface area contributed by atoms with Crippen LogP contribution in [0.5, 0.6) is 0 Å². The summed E-state index contributed by atoms with van der Waals surface area (Å²) in [4.78, 5) is 15.8. The second kappa shape index (κ2) is 9.28. The van der Waals surface area contributed by atoms with Crippen LogP contribution in [0.1, 0.15) is 37.6 Å². The molecule has 2 N–H and O–H groups in total. The summed E-state index contributed by atoms with van der Waals surface area (Å²) in [6, 6.07) is 1.37. The summed E-state index contributed by atoms with van der Waals surface area (Å²) in [5.41, 5.74) is -0.00698. The Morgan fingerprint density at radius 3 is 2.86 bits per heavy atom. The molecule has 118 valence electrons. The monoisotopic (exact) mass is 297 g/mol. The number of amides is 1. The molecule has 0 bridgehead atoms. The summed E-state index contributed by atoms with van der Waals surface area (Å²) in [6.45, 7) is 8.09. The molecule has 1 aromatic heterocycles. The minimum Gasteiger partial charge on any atom is -0.379 e. The number of nitrogens with zero attached hydrogens (tertiary/aromatic N) is 1. The van der Waals surface area contributed by atoms with Crippen molar-refractivity contribution in [2.45, 2.75) is 27.2 Å². The average molecular weight is 297 g/mol. The minimum atomic E-state index is -0.619. The second-order valence-electron chi connectivity index (χ2n) is 5.17. The molecule has 5 nitrogen and oxygen atoms in total. The molecular formula is C15H24FN3O2. The van der Waals surface area contributed by atoms with E-state index in [1.807, 2.05) is 6.92 Å². The Kier molecular flexibility index (Phi) is 7.68. The number of carbonyl (C=O) groups is 1. The van der Waals surface area contributed by atoms with Gasteiger partial charge in [0.1, 0.15) is 0 Å². The maximum Gasteiger partial charge on any atom is 0.254 e. The molecule has 0 radical (unpaired) electrons. The third-order valence-corrected chi connectivity index (χ3v) is 2.66. The number of ether oxygens (including phenoxy) is 1. The Morgan fingerprint density at radius 1 is 1.43 bits per heavy atom. The molecule has 0 aliphatic rings. The summed E-state index contributed by atoms with van der Waals surface area (Å²) in [7, 11) is 0. The minimum absolute atomic E-state index is 0.00698.